The minimum absolute atomic E-state index is 0.0193. The second-order valence-electron chi connectivity index (χ2n) is 9.17. The van der Waals surface area contributed by atoms with Crippen molar-refractivity contribution in [1.82, 2.24) is 9.88 Å². The lowest BCUT2D eigenvalue weighted by Crippen LogP contribution is -2.38. The Morgan fingerprint density at radius 2 is 1.81 bits per heavy atom. The number of aromatic nitrogens is 1. The lowest BCUT2D eigenvalue weighted by molar-refractivity contribution is -0.115. The number of benzene rings is 2. The van der Waals surface area contributed by atoms with Gasteiger partial charge in [-0.1, -0.05) is 29.8 Å². The summed E-state index contributed by atoms with van der Waals surface area (Å²) >= 11 is 6.00. The Hall–Kier alpha value is -3.58. The van der Waals surface area contributed by atoms with Crippen molar-refractivity contribution in [2.45, 2.75) is 25.2 Å². The van der Waals surface area contributed by atoms with Gasteiger partial charge in [0.1, 0.15) is 11.4 Å². The number of pyridine rings is 1. The number of piperidine rings is 1. The van der Waals surface area contributed by atoms with E-state index in [1.54, 1.807) is 37.6 Å². The van der Waals surface area contributed by atoms with Gasteiger partial charge < -0.3 is 19.9 Å². The molecule has 1 N–H and O–H groups in total. The molecule has 3 aromatic rings. The van der Waals surface area contributed by atoms with Crippen molar-refractivity contribution >= 4 is 34.8 Å². The quantitative estimate of drug-likeness (QED) is 0.487. The Labute approximate surface area is 217 Å². The summed E-state index contributed by atoms with van der Waals surface area (Å²) in [5, 5.41) is 3.51. The molecule has 1 aromatic heterocycles. The molecule has 36 heavy (non-hydrogen) atoms. The van der Waals surface area contributed by atoms with E-state index in [0.717, 1.165) is 29.8 Å². The molecule has 0 atom stereocenters. The first-order valence-corrected chi connectivity index (χ1v) is 12.4. The summed E-state index contributed by atoms with van der Waals surface area (Å²) in [5.41, 5.74) is 4.19. The van der Waals surface area contributed by atoms with Crippen molar-refractivity contribution in [3.8, 4) is 5.75 Å². The second-order valence-corrected chi connectivity index (χ2v) is 9.60. The topological polar surface area (TPSA) is 74.8 Å². The van der Waals surface area contributed by atoms with Gasteiger partial charge in [0.15, 0.2) is 0 Å². The zero-order valence-corrected chi connectivity index (χ0v) is 21.6. The van der Waals surface area contributed by atoms with E-state index in [2.05, 4.69) is 22.4 Å². The first-order valence-electron chi connectivity index (χ1n) is 12.0. The van der Waals surface area contributed by atoms with Gasteiger partial charge in [0.25, 0.3) is 5.91 Å². The zero-order chi connectivity index (χ0) is 25.7. The fraction of sp³-hybridized carbons (Fsp3) is 0.321. The fourth-order valence-electron chi connectivity index (χ4n) is 4.44. The molecule has 0 spiro atoms. The maximum absolute atomic E-state index is 12.9. The van der Waals surface area contributed by atoms with Crippen molar-refractivity contribution in [3.05, 3.63) is 82.6 Å². The number of hydrogen-bond donors (Lipinski definition) is 1. The lowest BCUT2D eigenvalue weighted by atomic mass is 9.89. The maximum atomic E-state index is 12.9. The number of nitrogens with one attached hydrogen (secondary N) is 1. The highest BCUT2D eigenvalue weighted by Crippen LogP contribution is 2.30. The molecule has 0 bridgehead atoms. The summed E-state index contributed by atoms with van der Waals surface area (Å²) < 4.78 is 5.33. The molecule has 4 rings (SSSR count). The summed E-state index contributed by atoms with van der Waals surface area (Å²) in [6, 6.07) is 16.9. The number of rotatable bonds is 7. The summed E-state index contributed by atoms with van der Waals surface area (Å²) in [5.74, 6) is 0.830. The van der Waals surface area contributed by atoms with Crippen molar-refractivity contribution in [2.75, 3.05) is 44.5 Å². The Balaban J connectivity index is 1.29. The van der Waals surface area contributed by atoms with E-state index in [1.165, 1.54) is 5.56 Å². The number of carbonyl (C=O) groups is 2. The minimum Gasteiger partial charge on any atom is -0.496 e. The first-order chi connectivity index (χ1) is 17.3. The third kappa shape index (κ3) is 6.15. The van der Waals surface area contributed by atoms with Gasteiger partial charge in [-0.05, 0) is 60.7 Å². The summed E-state index contributed by atoms with van der Waals surface area (Å²) in [6.07, 6.45) is 3.71. The lowest BCUT2D eigenvalue weighted by Gasteiger charge is -2.32. The van der Waals surface area contributed by atoms with Crippen LogP contribution in [0.4, 0.5) is 11.4 Å². The van der Waals surface area contributed by atoms with E-state index in [0.29, 0.717) is 35.5 Å². The van der Waals surface area contributed by atoms with Gasteiger partial charge >= 0.3 is 0 Å². The van der Waals surface area contributed by atoms with Crippen LogP contribution in [0.25, 0.3) is 0 Å². The van der Waals surface area contributed by atoms with Crippen molar-refractivity contribution in [3.63, 3.8) is 0 Å². The number of ether oxygens (including phenoxy) is 1. The number of nitrogens with zero attached hydrogens (tertiary/aromatic N) is 3. The molecule has 1 fully saturated rings. The van der Waals surface area contributed by atoms with E-state index in [4.69, 9.17) is 16.3 Å². The van der Waals surface area contributed by atoms with Gasteiger partial charge in [0, 0.05) is 43.5 Å². The largest absolute Gasteiger partial charge is 0.496 e. The SMILES string of the molecule is COc1cc(Cl)ccc1CC(=O)Nc1ccc(C2CCN(C(=O)c3ccc(N(C)C)cn3)CC2)cc1. The number of likely N-dealkylation sites (tertiary alicyclic amines) is 1. The standard InChI is InChI=1S/C28H31ClN4O3/c1-32(2)24-10-11-25(30-18-24)28(35)33-14-12-20(13-15-33)19-5-8-23(9-6-19)31-27(34)16-21-4-7-22(29)17-26(21)36-3/h4-11,17-18,20H,12-16H2,1-3H3,(H,31,34). The number of hydrogen-bond acceptors (Lipinski definition) is 5. The molecular formula is C28H31ClN4O3. The Morgan fingerprint density at radius 1 is 1.08 bits per heavy atom. The highest BCUT2D eigenvalue weighted by molar-refractivity contribution is 6.30. The van der Waals surface area contributed by atoms with E-state index < -0.39 is 0 Å². The average Bonchev–Trinajstić information content (AvgIpc) is 2.90. The van der Waals surface area contributed by atoms with E-state index >= 15 is 0 Å². The monoisotopic (exact) mass is 506 g/mol. The van der Waals surface area contributed by atoms with Crippen LogP contribution < -0.4 is 15.0 Å². The molecule has 2 amide bonds. The molecule has 0 radical (unpaired) electrons. The molecule has 1 aliphatic heterocycles. The molecule has 2 aromatic carbocycles. The van der Waals surface area contributed by atoms with Crippen LogP contribution >= 0.6 is 11.6 Å². The van der Waals surface area contributed by atoms with Crippen LogP contribution in [0.3, 0.4) is 0 Å². The van der Waals surface area contributed by atoms with Crippen LogP contribution in [0.2, 0.25) is 5.02 Å². The van der Waals surface area contributed by atoms with Crippen molar-refractivity contribution in [2.24, 2.45) is 0 Å². The van der Waals surface area contributed by atoms with E-state index in [-0.39, 0.29) is 18.2 Å². The van der Waals surface area contributed by atoms with Gasteiger partial charge in [-0.15, -0.1) is 0 Å². The van der Waals surface area contributed by atoms with Crippen molar-refractivity contribution in [1.29, 1.82) is 0 Å². The van der Waals surface area contributed by atoms with E-state index in [9.17, 15) is 9.59 Å². The minimum atomic E-state index is -0.123. The Bertz CT molecular complexity index is 1200. The second kappa shape index (κ2) is 11.4. The Morgan fingerprint density at radius 3 is 2.42 bits per heavy atom. The number of methoxy groups -OCH3 is 1. The third-order valence-corrected chi connectivity index (χ3v) is 6.77. The average molecular weight is 507 g/mol. The van der Waals surface area contributed by atoms with Gasteiger partial charge in [0.05, 0.1) is 25.4 Å². The molecule has 8 heteroatoms. The molecule has 0 aliphatic carbocycles. The maximum Gasteiger partial charge on any atom is 0.272 e. The number of anilines is 2. The predicted molar refractivity (Wildman–Crippen MR) is 143 cm³/mol. The van der Waals surface area contributed by atoms with E-state index in [1.807, 2.05) is 42.1 Å². The van der Waals surface area contributed by atoms with Gasteiger partial charge in [-0.3, -0.25) is 9.59 Å². The molecular weight excluding hydrogens is 476 g/mol. The number of carbonyl (C=O) groups excluding carboxylic acids is 2. The fourth-order valence-corrected chi connectivity index (χ4v) is 4.60. The van der Waals surface area contributed by atoms with Crippen LogP contribution in [0.15, 0.2) is 60.8 Å². The summed E-state index contributed by atoms with van der Waals surface area (Å²) in [4.78, 5) is 33.6. The predicted octanol–water partition coefficient (Wildman–Crippen LogP) is 5.01. The van der Waals surface area contributed by atoms with Crippen LogP contribution in [-0.4, -0.2) is 56.0 Å². The Kier molecular flexibility index (Phi) is 8.10. The summed E-state index contributed by atoms with van der Waals surface area (Å²) in [6.45, 7) is 1.39. The third-order valence-electron chi connectivity index (χ3n) is 6.53. The van der Waals surface area contributed by atoms with Crippen LogP contribution in [-0.2, 0) is 11.2 Å². The highest BCUT2D eigenvalue weighted by Gasteiger charge is 2.25. The first kappa shape index (κ1) is 25.5. The molecule has 0 saturated carbocycles. The van der Waals surface area contributed by atoms with Gasteiger partial charge in [-0.2, -0.15) is 0 Å². The molecule has 1 aliphatic rings. The molecule has 1 saturated heterocycles. The van der Waals surface area contributed by atoms with Crippen LogP contribution in [0.1, 0.15) is 40.4 Å². The van der Waals surface area contributed by atoms with Crippen molar-refractivity contribution < 1.29 is 14.3 Å². The van der Waals surface area contributed by atoms with Gasteiger partial charge in [-0.25, -0.2) is 4.98 Å². The molecule has 188 valence electrons. The summed E-state index contributed by atoms with van der Waals surface area (Å²) in [7, 11) is 5.46. The smallest absolute Gasteiger partial charge is 0.272 e. The van der Waals surface area contributed by atoms with Crippen LogP contribution in [0.5, 0.6) is 5.75 Å². The zero-order valence-electron chi connectivity index (χ0n) is 20.8. The normalized spacial score (nSPS) is 13.8. The molecule has 0 unspecified atom stereocenters. The van der Waals surface area contributed by atoms with Crippen LogP contribution in [0, 0.1) is 0 Å². The number of halogens is 1. The molecule has 2 heterocycles. The molecule has 7 nitrogen and oxygen atoms in total. The number of amides is 2. The highest BCUT2D eigenvalue weighted by atomic mass is 35.5. The van der Waals surface area contributed by atoms with Gasteiger partial charge in [0.2, 0.25) is 5.91 Å².